The Balaban J connectivity index is 0.00000200. The first-order chi connectivity index (χ1) is 8.95. The smallest absolute Gasteiger partial charge is 0.246 e. The number of benzene rings is 1. The summed E-state index contributed by atoms with van der Waals surface area (Å²) >= 11 is 0. The van der Waals surface area contributed by atoms with E-state index in [9.17, 15) is 4.79 Å². The summed E-state index contributed by atoms with van der Waals surface area (Å²) in [6, 6.07) is 7.40. The summed E-state index contributed by atoms with van der Waals surface area (Å²) in [6.45, 7) is 5.97. The predicted molar refractivity (Wildman–Crippen MR) is 90.4 cm³/mol. The van der Waals surface area contributed by atoms with Gasteiger partial charge in [0.15, 0.2) is 0 Å². The van der Waals surface area contributed by atoms with Crippen LogP contribution < -0.4 is 11.1 Å². The fraction of sp³-hybridized carbons (Fsp3) is 0.286. The molecule has 1 amide bonds. The molecule has 2 rings (SSSR count). The van der Waals surface area contributed by atoms with Crippen molar-refractivity contribution in [3.8, 4) is 0 Å². The molecule has 3 N–H and O–H groups in total. The highest BCUT2D eigenvalue weighted by atomic mass is 35.5. The average Bonchev–Trinajstić information content (AvgIpc) is 2.62. The van der Waals surface area contributed by atoms with Gasteiger partial charge in [-0.05, 0) is 44.5 Å². The Morgan fingerprint density at radius 3 is 2.48 bits per heavy atom. The summed E-state index contributed by atoms with van der Waals surface area (Å²) < 4.78 is 1.69. The van der Waals surface area contributed by atoms with Crippen LogP contribution in [0.25, 0.3) is 0 Å². The number of hydrogen-bond acceptors (Lipinski definition) is 3. The van der Waals surface area contributed by atoms with Crippen LogP contribution in [0.15, 0.2) is 24.3 Å². The molecule has 0 aliphatic carbocycles. The fourth-order valence-electron chi connectivity index (χ4n) is 1.94. The molecule has 0 atom stereocenters. The third kappa shape index (κ3) is 4.95. The molecule has 0 saturated heterocycles. The minimum absolute atomic E-state index is 0. The monoisotopic (exact) mass is 330 g/mol. The first-order valence-corrected chi connectivity index (χ1v) is 6.13. The van der Waals surface area contributed by atoms with E-state index in [1.54, 1.807) is 10.7 Å². The van der Waals surface area contributed by atoms with E-state index in [2.05, 4.69) is 10.4 Å². The standard InChI is InChI=1S/C14H18N4O.2ClH/c1-9-4-5-12(15)7-13(9)16-14(19)8-18-11(3)6-10(2)17-18;;/h4-7H,8,15H2,1-3H3,(H,16,19);2*1H. The van der Waals surface area contributed by atoms with Gasteiger partial charge in [0.1, 0.15) is 6.54 Å². The molecular weight excluding hydrogens is 311 g/mol. The summed E-state index contributed by atoms with van der Waals surface area (Å²) in [6.07, 6.45) is 0. The van der Waals surface area contributed by atoms with Crippen LogP contribution in [0.2, 0.25) is 0 Å². The molecule has 21 heavy (non-hydrogen) atoms. The molecule has 0 aliphatic rings. The number of rotatable bonds is 3. The number of amides is 1. The second-order valence-electron chi connectivity index (χ2n) is 4.71. The third-order valence-electron chi connectivity index (χ3n) is 2.93. The third-order valence-corrected chi connectivity index (χ3v) is 2.93. The Labute approximate surface area is 136 Å². The summed E-state index contributed by atoms with van der Waals surface area (Å²) in [5.41, 5.74) is 9.95. The van der Waals surface area contributed by atoms with Gasteiger partial charge in [-0.3, -0.25) is 9.48 Å². The van der Waals surface area contributed by atoms with Crippen LogP contribution in [0.5, 0.6) is 0 Å². The molecule has 0 radical (unpaired) electrons. The fourth-order valence-corrected chi connectivity index (χ4v) is 1.94. The molecule has 0 fully saturated rings. The van der Waals surface area contributed by atoms with E-state index in [1.807, 2.05) is 39.0 Å². The van der Waals surface area contributed by atoms with Crippen LogP contribution in [0, 0.1) is 20.8 Å². The number of nitrogen functional groups attached to an aromatic ring is 1. The van der Waals surface area contributed by atoms with Gasteiger partial charge in [-0.1, -0.05) is 6.07 Å². The maximum atomic E-state index is 12.0. The summed E-state index contributed by atoms with van der Waals surface area (Å²) in [4.78, 5) is 12.0. The zero-order valence-electron chi connectivity index (χ0n) is 12.2. The van der Waals surface area contributed by atoms with Gasteiger partial charge >= 0.3 is 0 Å². The van der Waals surface area contributed by atoms with Crippen LogP contribution in [0.3, 0.4) is 0 Å². The van der Waals surface area contributed by atoms with E-state index in [0.29, 0.717) is 5.69 Å². The zero-order chi connectivity index (χ0) is 14.0. The molecule has 1 aromatic heterocycles. The van der Waals surface area contributed by atoms with Crippen LogP contribution in [-0.2, 0) is 11.3 Å². The number of carbonyl (C=O) groups excluding carboxylic acids is 1. The highest BCUT2D eigenvalue weighted by Crippen LogP contribution is 2.18. The van der Waals surface area contributed by atoms with E-state index in [-0.39, 0.29) is 37.3 Å². The van der Waals surface area contributed by atoms with Crippen molar-refractivity contribution in [2.45, 2.75) is 27.3 Å². The van der Waals surface area contributed by atoms with Gasteiger partial charge in [0, 0.05) is 17.1 Å². The Kier molecular flexibility index (Phi) is 7.26. The van der Waals surface area contributed by atoms with Gasteiger partial charge in [0.05, 0.1) is 5.69 Å². The Morgan fingerprint density at radius 1 is 1.24 bits per heavy atom. The summed E-state index contributed by atoms with van der Waals surface area (Å²) in [5, 5.41) is 7.12. The maximum absolute atomic E-state index is 12.0. The van der Waals surface area contributed by atoms with Gasteiger partial charge in [-0.25, -0.2) is 0 Å². The largest absolute Gasteiger partial charge is 0.399 e. The first-order valence-electron chi connectivity index (χ1n) is 6.13. The summed E-state index contributed by atoms with van der Waals surface area (Å²) in [5.74, 6) is -0.111. The number of hydrogen-bond donors (Lipinski definition) is 2. The van der Waals surface area contributed by atoms with Crippen molar-refractivity contribution in [2.24, 2.45) is 0 Å². The van der Waals surface area contributed by atoms with E-state index < -0.39 is 0 Å². The van der Waals surface area contributed by atoms with Crippen molar-refractivity contribution in [1.82, 2.24) is 9.78 Å². The lowest BCUT2D eigenvalue weighted by molar-refractivity contribution is -0.116. The van der Waals surface area contributed by atoms with Crippen molar-refractivity contribution in [2.75, 3.05) is 11.1 Å². The zero-order valence-corrected chi connectivity index (χ0v) is 13.8. The highest BCUT2D eigenvalue weighted by Gasteiger charge is 2.08. The number of aryl methyl sites for hydroxylation is 3. The number of nitrogens with zero attached hydrogens (tertiary/aromatic N) is 2. The van der Waals surface area contributed by atoms with E-state index >= 15 is 0 Å². The second-order valence-corrected chi connectivity index (χ2v) is 4.71. The molecule has 5 nitrogen and oxygen atoms in total. The van der Waals surface area contributed by atoms with Crippen LogP contribution in [-0.4, -0.2) is 15.7 Å². The molecule has 1 heterocycles. The normalized spacial score (nSPS) is 9.48. The minimum atomic E-state index is -0.111. The highest BCUT2D eigenvalue weighted by molar-refractivity contribution is 5.91. The number of carbonyl (C=O) groups is 1. The predicted octanol–water partition coefficient (Wildman–Crippen LogP) is 2.87. The molecule has 7 heteroatoms. The van der Waals surface area contributed by atoms with Crippen LogP contribution >= 0.6 is 24.8 Å². The first kappa shape index (κ1) is 19.3. The molecule has 1 aromatic carbocycles. The van der Waals surface area contributed by atoms with Crippen LogP contribution in [0.4, 0.5) is 11.4 Å². The molecule has 2 aromatic rings. The van der Waals surface area contributed by atoms with Gasteiger partial charge < -0.3 is 11.1 Å². The van der Waals surface area contributed by atoms with Gasteiger partial charge in [0.2, 0.25) is 5.91 Å². The van der Waals surface area contributed by atoms with Crippen molar-refractivity contribution >= 4 is 42.1 Å². The molecule has 0 spiro atoms. The summed E-state index contributed by atoms with van der Waals surface area (Å²) in [7, 11) is 0. The lowest BCUT2D eigenvalue weighted by atomic mass is 10.2. The molecular formula is C14H20Cl2N4O. The molecule has 116 valence electrons. The van der Waals surface area contributed by atoms with E-state index in [0.717, 1.165) is 22.6 Å². The lowest BCUT2D eigenvalue weighted by Gasteiger charge is -2.10. The average molecular weight is 331 g/mol. The quantitative estimate of drug-likeness (QED) is 0.850. The molecule has 0 saturated carbocycles. The number of aromatic nitrogens is 2. The van der Waals surface area contributed by atoms with Crippen LogP contribution in [0.1, 0.15) is 17.0 Å². The van der Waals surface area contributed by atoms with Gasteiger partial charge in [0.25, 0.3) is 0 Å². The number of nitrogens with two attached hydrogens (primary N) is 1. The van der Waals surface area contributed by atoms with E-state index in [4.69, 9.17) is 5.73 Å². The maximum Gasteiger partial charge on any atom is 0.246 e. The molecule has 0 unspecified atom stereocenters. The Morgan fingerprint density at radius 2 is 1.90 bits per heavy atom. The SMILES string of the molecule is Cc1cc(C)n(CC(=O)Nc2cc(N)ccc2C)n1.Cl.Cl. The van der Waals surface area contributed by atoms with Crippen molar-refractivity contribution in [1.29, 1.82) is 0 Å². The van der Waals surface area contributed by atoms with E-state index in [1.165, 1.54) is 0 Å². The van der Waals surface area contributed by atoms with Crippen molar-refractivity contribution in [3.05, 3.63) is 41.2 Å². The second kappa shape index (κ2) is 7.90. The molecule has 0 aliphatic heterocycles. The topological polar surface area (TPSA) is 72.9 Å². The van der Waals surface area contributed by atoms with Crippen molar-refractivity contribution in [3.63, 3.8) is 0 Å². The van der Waals surface area contributed by atoms with Gasteiger partial charge in [-0.2, -0.15) is 5.10 Å². The molecule has 0 bridgehead atoms. The lowest BCUT2D eigenvalue weighted by Crippen LogP contribution is -2.20. The Hall–Kier alpha value is -1.72. The number of halogens is 2. The number of anilines is 2. The number of nitrogens with one attached hydrogen (secondary N) is 1. The van der Waals surface area contributed by atoms with Crippen molar-refractivity contribution < 1.29 is 4.79 Å². The van der Waals surface area contributed by atoms with Gasteiger partial charge in [-0.15, -0.1) is 24.8 Å². The minimum Gasteiger partial charge on any atom is -0.399 e. The Bertz CT molecular complexity index is 625.